The summed E-state index contributed by atoms with van der Waals surface area (Å²) in [6.45, 7) is 0. The Hall–Kier alpha value is -3.43. The van der Waals surface area contributed by atoms with Crippen LogP contribution in [-0.4, -0.2) is 34.0 Å². The van der Waals surface area contributed by atoms with Gasteiger partial charge in [-0.25, -0.2) is 19.7 Å². The monoisotopic (exact) mass is 469 g/mol. The van der Waals surface area contributed by atoms with Crippen LogP contribution in [0, 0.1) is 0 Å². The van der Waals surface area contributed by atoms with Crippen LogP contribution in [-0.2, 0) is 36.0 Å². The second kappa shape index (κ2) is 9.21. The van der Waals surface area contributed by atoms with Gasteiger partial charge in [-0.3, -0.25) is 0 Å². The molecule has 2 aromatic heterocycles. The molecule has 11 heteroatoms. The van der Waals surface area contributed by atoms with Crippen molar-refractivity contribution in [1.82, 2.24) is 9.97 Å². The second-order valence-corrected chi connectivity index (χ2v) is 9.15. The van der Waals surface area contributed by atoms with E-state index in [0.717, 1.165) is 32.9 Å². The molecule has 0 saturated heterocycles. The quantitative estimate of drug-likeness (QED) is 0.244. The molecule has 0 aliphatic heterocycles. The minimum atomic E-state index is -4.56. The van der Waals surface area contributed by atoms with Gasteiger partial charge in [0.05, 0.1) is 0 Å². The van der Waals surface area contributed by atoms with Crippen LogP contribution >= 0.6 is 7.75 Å². The summed E-state index contributed by atoms with van der Waals surface area (Å²) in [6.07, 6.45) is 3.67. The van der Waals surface area contributed by atoms with Crippen LogP contribution in [0.5, 0.6) is 0 Å². The summed E-state index contributed by atoms with van der Waals surface area (Å²) in [5.74, 6) is -2.10. The maximum atomic E-state index is 12.4. The number of nitrogens with two attached hydrogens (primary N) is 3. The SMILES string of the molecule is N[C@@H](Cc1c[nH]c2ccccc12)C(=O)OP(N)(=O)OC(=O)[C@@H](N)Cc1c[nH]c2ccccc12. The summed E-state index contributed by atoms with van der Waals surface area (Å²) < 4.78 is 21.9. The highest BCUT2D eigenvalue weighted by atomic mass is 31.2. The molecule has 2 heterocycles. The number of para-hydroxylation sites is 2. The van der Waals surface area contributed by atoms with Crippen LogP contribution < -0.4 is 17.0 Å². The molecule has 0 aliphatic rings. The van der Waals surface area contributed by atoms with Gasteiger partial charge in [-0.15, -0.1) is 0 Å². The number of hydrogen-bond acceptors (Lipinski definition) is 7. The highest BCUT2D eigenvalue weighted by Gasteiger charge is 2.33. The van der Waals surface area contributed by atoms with Crippen LogP contribution in [0.1, 0.15) is 11.1 Å². The Kier molecular flexibility index (Phi) is 6.35. The molecular weight excluding hydrogens is 445 g/mol. The van der Waals surface area contributed by atoms with E-state index in [0.29, 0.717) is 0 Å². The number of H-pyrrole nitrogens is 2. The highest BCUT2D eigenvalue weighted by molar-refractivity contribution is 7.52. The average molecular weight is 469 g/mol. The summed E-state index contributed by atoms with van der Waals surface area (Å²) in [5.41, 5.74) is 20.6. The third kappa shape index (κ3) is 5.15. The highest BCUT2D eigenvalue weighted by Crippen LogP contribution is 2.40. The molecule has 2 aromatic carbocycles. The lowest BCUT2D eigenvalue weighted by atomic mass is 10.1. The third-order valence-corrected chi connectivity index (χ3v) is 6.14. The summed E-state index contributed by atoms with van der Waals surface area (Å²) in [6, 6.07) is 12.7. The predicted octanol–water partition coefficient (Wildman–Crippen LogP) is 2.24. The van der Waals surface area contributed by atoms with Gasteiger partial charge in [0.25, 0.3) is 0 Å². The lowest BCUT2D eigenvalue weighted by molar-refractivity contribution is -0.140. The lowest BCUT2D eigenvalue weighted by Gasteiger charge is -2.18. The first kappa shape index (κ1) is 22.8. The number of rotatable bonds is 8. The van der Waals surface area contributed by atoms with Crippen LogP contribution in [0.3, 0.4) is 0 Å². The summed E-state index contributed by atoms with van der Waals surface area (Å²) in [5, 5.41) is 1.79. The lowest BCUT2D eigenvalue weighted by Crippen LogP contribution is -2.37. The molecule has 172 valence electrons. The normalized spacial score (nSPS) is 13.7. The Balaban J connectivity index is 1.34. The zero-order valence-corrected chi connectivity index (χ0v) is 18.5. The van der Waals surface area contributed by atoms with Crippen molar-refractivity contribution in [1.29, 1.82) is 0 Å². The molecule has 0 unspecified atom stereocenters. The third-order valence-electron chi connectivity index (χ3n) is 5.27. The van der Waals surface area contributed by atoms with E-state index < -0.39 is 31.8 Å². The largest absolute Gasteiger partial charge is 0.514 e. The minimum Gasteiger partial charge on any atom is -0.370 e. The van der Waals surface area contributed by atoms with Crippen LogP contribution in [0.15, 0.2) is 60.9 Å². The summed E-state index contributed by atoms with van der Waals surface area (Å²) >= 11 is 0. The van der Waals surface area contributed by atoms with Gasteiger partial charge in [0.15, 0.2) is 0 Å². The van der Waals surface area contributed by atoms with Crippen molar-refractivity contribution in [2.75, 3.05) is 0 Å². The fourth-order valence-corrected chi connectivity index (χ4v) is 4.46. The maximum absolute atomic E-state index is 12.4. The standard InChI is InChI=1S/C22H24N5O5P/c23-17(9-13-11-26-19-7-3-1-5-15(13)19)21(28)31-33(25,30)32-22(29)18(24)10-14-12-27-20-8-4-2-6-16(14)20/h1-8,11-12,17-18,26-27H,9-10,23-24H2,(H2,25,30)/t17-,18-/m0/s1. The van der Waals surface area contributed by atoms with E-state index in [1.165, 1.54) is 0 Å². The topological polar surface area (TPSA) is 179 Å². The molecule has 33 heavy (non-hydrogen) atoms. The first-order chi connectivity index (χ1) is 15.7. The van der Waals surface area contributed by atoms with Crippen molar-refractivity contribution in [3.8, 4) is 0 Å². The number of aromatic amines is 2. The van der Waals surface area contributed by atoms with Crippen molar-refractivity contribution in [3.63, 3.8) is 0 Å². The number of hydrogen-bond donors (Lipinski definition) is 5. The summed E-state index contributed by atoms with van der Waals surface area (Å²) in [4.78, 5) is 30.8. The smallest absolute Gasteiger partial charge is 0.370 e. The Morgan fingerprint density at radius 3 is 1.61 bits per heavy atom. The number of fused-ring (bicyclic) bond motifs is 2. The van der Waals surface area contributed by atoms with Crippen molar-refractivity contribution in [2.24, 2.45) is 17.0 Å². The van der Waals surface area contributed by atoms with Crippen molar-refractivity contribution >= 4 is 41.5 Å². The van der Waals surface area contributed by atoms with Gasteiger partial charge in [0.2, 0.25) is 0 Å². The molecule has 0 aliphatic carbocycles. The van der Waals surface area contributed by atoms with Crippen molar-refractivity contribution in [3.05, 3.63) is 72.1 Å². The number of carbonyl (C=O) groups excluding carboxylic acids is 2. The van der Waals surface area contributed by atoms with E-state index in [4.69, 9.17) is 26.0 Å². The predicted molar refractivity (Wildman–Crippen MR) is 124 cm³/mol. The van der Waals surface area contributed by atoms with E-state index in [1.54, 1.807) is 12.4 Å². The number of benzene rings is 2. The zero-order valence-electron chi connectivity index (χ0n) is 17.6. The van der Waals surface area contributed by atoms with Gasteiger partial charge in [-0.05, 0) is 23.3 Å². The first-order valence-electron chi connectivity index (χ1n) is 10.2. The molecule has 0 amide bonds. The molecule has 10 nitrogen and oxygen atoms in total. The fraction of sp³-hybridized carbons (Fsp3) is 0.182. The zero-order chi connectivity index (χ0) is 23.6. The Bertz CT molecular complexity index is 1260. The molecule has 0 bridgehead atoms. The molecule has 0 spiro atoms. The fourth-order valence-electron chi connectivity index (χ4n) is 3.65. The molecule has 8 N–H and O–H groups in total. The first-order valence-corrected chi connectivity index (χ1v) is 11.8. The molecule has 0 radical (unpaired) electrons. The van der Waals surface area contributed by atoms with Gasteiger partial charge in [0.1, 0.15) is 12.1 Å². The van der Waals surface area contributed by atoms with Gasteiger partial charge in [-0.2, -0.15) is 0 Å². The van der Waals surface area contributed by atoms with E-state index in [9.17, 15) is 14.2 Å². The number of nitrogens with one attached hydrogen (secondary N) is 2. The van der Waals surface area contributed by atoms with Crippen LogP contribution in [0.4, 0.5) is 0 Å². The van der Waals surface area contributed by atoms with Crippen LogP contribution in [0.2, 0.25) is 0 Å². The number of carbonyl (C=O) groups is 2. The Labute approximate surface area is 189 Å². The van der Waals surface area contributed by atoms with E-state index in [1.807, 2.05) is 48.5 Å². The second-order valence-electron chi connectivity index (χ2n) is 7.70. The molecule has 0 fully saturated rings. The number of aromatic nitrogens is 2. The van der Waals surface area contributed by atoms with Crippen molar-refractivity contribution in [2.45, 2.75) is 24.9 Å². The Morgan fingerprint density at radius 2 is 1.18 bits per heavy atom. The van der Waals surface area contributed by atoms with Crippen LogP contribution in [0.25, 0.3) is 21.8 Å². The molecule has 4 rings (SSSR count). The summed E-state index contributed by atoms with van der Waals surface area (Å²) in [7, 11) is -4.56. The van der Waals surface area contributed by atoms with Gasteiger partial charge < -0.3 is 30.5 Å². The van der Waals surface area contributed by atoms with Crippen molar-refractivity contribution < 1.29 is 23.2 Å². The van der Waals surface area contributed by atoms with Gasteiger partial charge in [-0.1, -0.05) is 36.4 Å². The van der Waals surface area contributed by atoms with Gasteiger partial charge >= 0.3 is 19.7 Å². The van der Waals surface area contributed by atoms with E-state index in [-0.39, 0.29) is 12.8 Å². The maximum Gasteiger partial charge on any atom is 0.514 e. The molecule has 4 aromatic rings. The van der Waals surface area contributed by atoms with Gasteiger partial charge in [0, 0.05) is 47.0 Å². The Morgan fingerprint density at radius 1 is 0.788 bits per heavy atom. The average Bonchev–Trinajstić information content (AvgIpc) is 3.37. The minimum absolute atomic E-state index is 0.108. The molecule has 0 saturated carbocycles. The van der Waals surface area contributed by atoms with E-state index in [2.05, 4.69) is 9.97 Å². The molecular formula is C22H24N5O5P. The van der Waals surface area contributed by atoms with E-state index >= 15 is 0 Å². The molecule has 2 atom stereocenters.